The Labute approximate surface area is 153 Å². The zero-order valence-corrected chi connectivity index (χ0v) is 15.5. The van der Waals surface area contributed by atoms with Gasteiger partial charge in [-0.2, -0.15) is 5.10 Å². The Kier molecular flexibility index (Phi) is 5.40. The van der Waals surface area contributed by atoms with Gasteiger partial charge in [-0.15, -0.1) is 0 Å². The highest BCUT2D eigenvalue weighted by atomic mass is 16.5. The number of esters is 1. The first-order valence-electron chi connectivity index (χ1n) is 9.13. The molecule has 3 rings (SSSR count). The molecular formula is C20H25N3O3. The average molecular weight is 355 g/mol. The van der Waals surface area contributed by atoms with E-state index in [4.69, 9.17) is 4.74 Å². The molecule has 0 saturated carbocycles. The Morgan fingerprint density at radius 1 is 1.12 bits per heavy atom. The number of anilines is 1. The van der Waals surface area contributed by atoms with Crippen molar-refractivity contribution in [3.63, 3.8) is 0 Å². The van der Waals surface area contributed by atoms with Gasteiger partial charge in [-0.1, -0.05) is 6.07 Å². The van der Waals surface area contributed by atoms with Crippen molar-refractivity contribution in [2.75, 3.05) is 5.32 Å². The van der Waals surface area contributed by atoms with E-state index in [1.807, 2.05) is 26.0 Å². The molecule has 1 unspecified atom stereocenters. The Balaban J connectivity index is 1.63. The minimum absolute atomic E-state index is 0.119. The van der Waals surface area contributed by atoms with Gasteiger partial charge in [0.15, 0.2) is 6.10 Å². The highest BCUT2D eigenvalue weighted by Gasteiger charge is 2.21. The van der Waals surface area contributed by atoms with Crippen molar-refractivity contribution in [3.05, 3.63) is 47.2 Å². The normalized spacial score (nSPS) is 14.6. The summed E-state index contributed by atoms with van der Waals surface area (Å²) in [6, 6.07) is 7.52. The molecule has 1 atom stereocenters. The molecule has 26 heavy (non-hydrogen) atoms. The minimum atomic E-state index is -0.894. The average Bonchev–Trinajstić information content (AvgIpc) is 3.09. The van der Waals surface area contributed by atoms with E-state index in [0.29, 0.717) is 11.4 Å². The number of aromatic nitrogens is 2. The molecular weight excluding hydrogens is 330 g/mol. The predicted molar refractivity (Wildman–Crippen MR) is 99.2 cm³/mol. The van der Waals surface area contributed by atoms with Crippen molar-refractivity contribution in [1.82, 2.24) is 9.78 Å². The van der Waals surface area contributed by atoms with Crippen LogP contribution in [0.25, 0.3) is 0 Å². The number of nitrogens with zero attached hydrogens (tertiary/aromatic N) is 2. The zero-order chi connectivity index (χ0) is 18.7. The van der Waals surface area contributed by atoms with Crippen LogP contribution in [0, 0.1) is 0 Å². The molecule has 0 radical (unpaired) electrons. The van der Waals surface area contributed by atoms with Gasteiger partial charge in [-0.3, -0.25) is 4.79 Å². The first-order chi connectivity index (χ1) is 12.5. The number of aryl methyl sites for hydroxylation is 2. The van der Waals surface area contributed by atoms with Crippen LogP contribution < -0.4 is 5.32 Å². The lowest BCUT2D eigenvalue weighted by atomic mass is 9.90. The molecule has 1 aromatic carbocycles. The highest BCUT2D eigenvalue weighted by molar-refractivity contribution is 5.97. The molecule has 0 aliphatic heterocycles. The lowest BCUT2D eigenvalue weighted by molar-refractivity contribution is -0.123. The monoisotopic (exact) mass is 355 g/mol. The van der Waals surface area contributed by atoms with E-state index in [9.17, 15) is 9.59 Å². The number of carbonyl (C=O) groups excluding carboxylic acids is 2. The van der Waals surface area contributed by atoms with Crippen molar-refractivity contribution in [2.45, 2.75) is 58.6 Å². The van der Waals surface area contributed by atoms with Crippen LogP contribution in [0.5, 0.6) is 0 Å². The summed E-state index contributed by atoms with van der Waals surface area (Å²) < 4.78 is 7.06. The number of nitrogens with one attached hydrogen (secondary N) is 1. The number of rotatable bonds is 5. The molecule has 2 aromatic rings. The number of amides is 1. The van der Waals surface area contributed by atoms with Crippen molar-refractivity contribution in [3.8, 4) is 0 Å². The zero-order valence-electron chi connectivity index (χ0n) is 15.5. The molecule has 1 N–H and O–H groups in total. The maximum Gasteiger partial charge on any atom is 0.338 e. The Bertz CT molecular complexity index is 810. The summed E-state index contributed by atoms with van der Waals surface area (Å²) >= 11 is 0. The standard InChI is InChI=1S/C20H25N3O3/c1-13(2)23-18(10-11-21-23)22-19(24)14(3)26-20(25)17-9-8-15-6-4-5-7-16(15)12-17/h8-14H,4-7H2,1-3H3,(H,22,24). The second kappa shape index (κ2) is 7.72. The summed E-state index contributed by atoms with van der Waals surface area (Å²) in [6.45, 7) is 5.52. The maximum absolute atomic E-state index is 12.4. The number of benzene rings is 1. The molecule has 0 spiro atoms. The molecule has 1 aliphatic rings. The van der Waals surface area contributed by atoms with E-state index in [1.165, 1.54) is 17.5 Å². The third-order valence-electron chi connectivity index (χ3n) is 4.65. The van der Waals surface area contributed by atoms with Crippen LogP contribution in [0.3, 0.4) is 0 Å². The first-order valence-corrected chi connectivity index (χ1v) is 9.13. The molecule has 1 aromatic heterocycles. The van der Waals surface area contributed by atoms with Crippen LogP contribution in [0.1, 0.15) is 61.1 Å². The van der Waals surface area contributed by atoms with Gasteiger partial charge in [0.1, 0.15) is 5.82 Å². The fourth-order valence-electron chi connectivity index (χ4n) is 3.20. The van der Waals surface area contributed by atoms with E-state index in [1.54, 1.807) is 29.9 Å². The fraction of sp³-hybridized carbons (Fsp3) is 0.450. The second-order valence-electron chi connectivity index (χ2n) is 6.98. The summed E-state index contributed by atoms with van der Waals surface area (Å²) in [5.41, 5.74) is 3.02. The van der Waals surface area contributed by atoms with Crippen molar-refractivity contribution >= 4 is 17.7 Å². The van der Waals surface area contributed by atoms with Crippen molar-refractivity contribution < 1.29 is 14.3 Å². The second-order valence-corrected chi connectivity index (χ2v) is 6.98. The Morgan fingerprint density at radius 3 is 2.58 bits per heavy atom. The number of carbonyl (C=O) groups is 2. The molecule has 138 valence electrons. The number of hydrogen-bond donors (Lipinski definition) is 1. The van der Waals surface area contributed by atoms with Gasteiger partial charge in [0.05, 0.1) is 11.8 Å². The smallest absolute Gasteiger partial charge is 0.338 e. The van der Waals surface area contributed by atoms with Gasteiger partial charge >= 0.3 is 5.97 Å². The Hall–Kier alpha value is -2.63. The molecule has 1 heterocycles. The van der Waals surface area contributed by atoms with Gasteiger partial charge in [0, 0.05) is 12.1 Å². The summed E-state index contributed by atoms with van der Waals surface area (Å²) in [4.78, 5) is 24.8. The van der Waals surface area contributed by atoms with Gasteiger partial charge in [0.2, 0.25) is 0 Å². The summed E-state index contributed by atoms with van der Waals surface area (Å²) in [7, 11) is 0. The van der Waals surface area contributed by atoms with Gasteiger partial charge in [0.25, 0.3) is 5.91 Å². The predicted octanol–water partition coefficient (Wildman–Crippen LogP) is 3.53. The lowest BCUT2D eigenvalue weighted by Crippen LogP contribution is -2.31. The molecule has 0 saturated heterocycles. The van der Waals surface area contributed by atoms with E-state index in [0.717, 1.165) is 19.3 Å². The quantitative estimate of drug-likeness (QED) is 0.833. The molecule has 0 bridgehead atoms. The molecule has 1 aliphatic carbocycles. The topological polar surface area (TPSA) is 73.2 Å². The summed E-state index contributed by atoms with van der Waals surface area (Å²) in [5.74, 6) is -0.265. The van der Waals surface area contributed by atoms with Crippen LogP contribution in [0.15, 0.2) is 30.5 Å². The van der Waals surface area contributed by atoms with E-state index < -0.39 is 12.1 Å². The highest BCUT2D eigenvalue weighted by Crippen LogP contribution is 2.23. The third-order valence-corrected chi connectivity index (χ3v) is 4.65. The Morgan fingerprint density at radius 2 is 1.85 bits per heavy atom. The molecule has 6 heteroatoms. The van der Waals surface area contributed by atoms with Crippen LogP contribution in [-0.4, -0.2) is 27.8 Å². The molecule has 6 nitrogen and oxygen atoms in total. The molecule has 1 amide bonds. The van der Waals surface area contributed by atoms with Crippen LogP contribution in [-0.2, 0) is 22.4 Å². The summed E-state index contributed by atoms with van der Waals surface area (Å²) in [6.07, 6.45) is 5.13. The number of ether oxygens (including phenoxy) is 1. The van der Waals surface area contributed by atoms with E-state index >= 15 is 0 Å². The van der Waals surface area contributed by atoms with Crippen LogP contribution in [0.4, 0.5) is 5.82 Å². The van der Waals surface area contributed by atoms with E-state index in [-0.39, 0.29) is 11.9 Å². The van der Waals surface area contributed by atoms with E-state index in [2.05, 4.69) is 10.4 Å². The van der Waals surface area contributed by atoms with Crippen molar-refractivity contribution in [1.29, 1.82) is 0 Å². The first kappa shape index (κ1) is 18.2. The molecule has 0 fully saturated rings. The fourth-order valence-corrected chi connectivity index (χ4v) is 3.20. The van der Waals surface area contributed by atoms with Gasteiger partial charge in [-0.05, 0) is 69.7 Å². The van der Waals surface area contributed by atoms with Crippen molar-refractivity contribution in [2.24, 2.45) is 0 Å². The number of hydrogen-bond acceptors (Lipinski definition) is 4. The van der Waals surface area contributed by atoms with Gasteiger partial charge in [-0.25, -0.2) is 9.48 Å². The lowest BCUT2D eigenvalue weighted by Gasteiger charge is -2.18. The third kappa shape index (κ3) is 3.95. The number of fused-ring (bicyclic) bond motifs is 1. The van der Waals surface area contributed by atoms with Gasteiger partial charge < -0.3 is 10.1 Å². The maximum atomic E-state index is 12.4. The van der Waals surface area contributed by atoms with Crippen LogP contribution >= 0.6 is 0 Å². The SMILES string of the molecule is CC(OC(=O)c1ccc2c(c1)CCCC2)C(=O)Nc1ccnn1C(C)C. The minimum Gasteiger partial charge on any atom is -0.449 e. The largest absolute Gasteiger partial charge is 0.449 e. The van der Waals surface area contributed by atoms with Crippen LogP contribution in [0.2, 0.25) is 0 Å². The summed E-state index contributed by atoms with van der Waals surface area (Å²) in [5, 5.41) is 6.93.